The van der Waals surface area contributed by atoms with Gasteiger partial charge in [-0.3, -0.25) is 0 Å². The number of sulfonamides is 1. The van der Waals surface area contributed by atoms with Crippen LogP contribution >= 0.6 is 11.6 Å². The molecule has 0 spiro atoms. The van der Waals surface area contributed by atoms with Crippen molar-refractivity contribution in [2.24, 2.45) is 0 Å². The summed E-state index contributed by atoms with van der Waals surface area (Å²) in [5, 5.41) is 8.95. The lowest BCUT2D eigenvalue weighted by molar-refractivity contribution is 0.301. The molecular formula is C9H12ClNO4S. The molecule has 7 heteroatoms. The fourth-order valence-corrected chi connectivity index (χ4v) is 2.45. The highest BCUT2D eigenvalue weighted by Gasteiger charge is 2.18. The number of halogens is 1. The number of ether oxygens (including phenoxy) is 1. The summed E-state index contributed by atoms with van der Waals surface area (Å²) in [4.78, 5) is -0.00662. The highest BCUT2D eigenvalue weighted by Crippen LogP contribution is 2.26. The molecule has 0 fully saturated rings. The molecule has 5 nitrogen and oxygen atoms in total. The number of hydrogen-bond acceptors (Lipinski definition) is 4. The first kappa shape index (κ1) is 13.2. The number of rotatable bonds is 5. The zero-order valence-electron chi connectivity index (χ0n) is 8.60. The van der Waals surface area contributed by atoms with Crippen LogP contribution in [0.15, 0.2) is 23.1 Å². The zero-order valence-corrected chi connectivity index (χ0v) is 10.2. The number of methoxy groups -OCH3 is 1. The Morgan fingerprint density at radius 2 is 2.19 bits per heavy atom. The van der Waals surface area contributed by atoms with Crippen LogP contribution < -0.4 is 9.46 Å². The molecule has 16 heavy (non-hydrogen) atoms. The third-order valence-electron chi connectivity index (χ3n) is 1.82. The molecule has 0 aliphatic heterocycles. The summed E-state index contributed by atoms with van der Waals surface area (Å²) < 4.78 is 30.6. The third kappa shape index (κ3) is 3.08. The van der Waals surface area contributed by atoms with Gasteiger partial charge in [0.25, 0.3) is 0 Å². The van der Waals surface area contributed by atoms with Crippen LogP contribution in [0.3, 0.4) is 0 Å². The predicted octanol–water partition coefficient (Wildman–Crippen LogP) is 0.619. The Labute approximate surface area is 99.0 Å². The Bertz CT molecular complexity index is 461. The number of hydrogen-bond donors (Lipinski definition) is 2. The molecule has 0 bridgehead atoms. The molecule has 0 saturated carbocycles. The van der Waals surface area contributed by atoms with Gasteiger partial charge in [0.1, 0.15) is 10.6 Å². The van der Waals surface area contributed by atoms with Crippen molar-refractivity contribution < 1.29 is 18.3 Å². The van der Waals surface area contributed by atoms with E-state index in [1.165, 1.54) is 25.3 Å². The topological polar surface area (TPSA) is 75.6 Å². The first-order valence-electron chi connectivity index (χ1n) is 4.45. The standard InChI is InChI=1S/C9H12ClNO4S/c1-15-8-6-7(10)2-3-9(8)16(13,14)11-4-5-12/h2-3,6,11-12H,4-5H2,1H3. The molecule has 2 N–H and O–H groups in total. The quantitative estimate of drug-likeness (QED) is 0.818. The van der Waals surface area contributed by atoms with Gasteiger partial charge in [0.15, 0.2) is 0 Å². The molecule has 1 aromatic rings. The van der Waals surface area contributed by atoms with E-state index >= 15 is 0 Å². The van der Waals surface area contributed by atoms with Gasteiger partial charge in [-0.1, -0.05) is 11.6 Å². The molecule has 0 aliphatic rings. The first-order valence-corrected chi connectivity index (χ1v) is 6.31. The Kier molecular flexibility index (Phi) is 4.55. The summed E-state index contributed by atoms with van der Waals surface area (Å²) >= 11 is 5.71. The van der Waals surface area contributed by atoms with Crippen LogP contribution in [0.4, 0.5) is 0 Å². The second-order valence-electron chi connectivity index (χ2n) is 2.92. The van der Waals surface area contributed by atoms with Gasteiger partial charge in [0, 0.05) is 17.6 Å². The lowest BCUT2D eigenvalue weighted by Gasteiger charge is -2.10. The van der Waals surface area contributed by atoms with Crippen molar-refractivity contribution in [3.63, 3.8) is 0 Å². The van der Waals surface area contributed by atoms with Crippen LogP contribution in [0.5, 0.6) is 5.75 Å². The normalized spacial score (nSPS) is 11.4. The first-order chi connectivity index (χ1) is 7.51. The van der Waals surface area contributed by atoms with E-state index in [0.717, 1.165) is 0 Å². The summed E-state index contributed by atoms with van der Waals surface area (Å²) in [7, 11) is -2.32. The van der Waals surface area contributed by atoms with Crippen LogP contribution in [0.1, 0.15) is 0 Å². The summed E-state index contributed by atoms with van der Waals surface area (Å²) in [5.74, 6) is 0.165. The smallest absolute Gasteiger partial charge is 0.244 e. The number of aliphatic hydroxyl groups is 1. The minimum atomic E-state index is -3.68. The van der Waals surface area contributed by atoms with E-state index < -0.39 is 10.0 Å². The van der Waals surface area contributed by atoms with E-state index in [1.807, 2.05) is 0 Å². The van der Waals surface area contributed by atoms with Gasteiger partial charge in [-0.05, 0) is 12.1 Å². The zero-order chi connectivity index (χ0) is 12.2. The van der Waals surface area contributed by atoms with Crippen molar-refractivity contribution in [2.45, 2.75) is 4.90 Å². The van der Waals surface area contributed by atoms with Gasteiger partial charge in [-0.2, -0.15) is 0 Å². The molecule has 0 saturated heterocycles. The molecule has 0 aliphatic carbocycles. The van der Waals surface area contributed by atoms with E-state index in [4.69, 9.17) is 21.4 Å². The summed E-state index contributed by atoms with van der Waals surface area (Å²) in [6, 6.07) is 4.22. The summed E-state index contributed by atoms with van der Waals surface area (Å²) in [5.41, 5.74) is 0. The van der Waals surface area contributed by atoms with Crippen LogP contribution in [0, 0.1) is 0 Å². The Morgan fingerprint density at radius 3 is 2.75 bits per heavy atom. The highest BCUT2D eigenvalue weighted by molar-refractivity contribution is 7.89. The Morgan fingerprint density at radius 1 is 1.50 bits per heavy atom. The fraction of sp³-hybridized carbons (Fsp3) is 0.333. The van der Waals surface area contributed by atoms with Gasteiger partial charge < -0.3 is 9.84 Å². The van der Waals surface area contributed by atoms with E-state index in [1.54, 1.807) is 0 Å². The third-order valence-corrected chi connectivity index (χ3v) is 3.55. The van der Waals surface area contributed by atoms with E-state index in [9.17, 15) is 8.42 Å². The minimum absolute atomic E-state index is 0.00662. The van der Waals surface area contributed by atoms with Crippen LogP contribution in [-0.4, -0.2) is 33.8 Å². The SMILES string of the molecule is COc1cc(Cl)ccc1S(=O)(=O)NCCO. The lowest BCUT2D eigenvalue weighted by atomic mass is 10.3. The molecule has 0 atom stereocenters. The summed E-state index contributed by atoms with van der Waals surface area (Å²) in [6.07, 6.45) is 0. The fourth-order valence-electron chi connectivity index (χ4n) is 1.12. The van der Waals surface area contributed by atoms with Crippen LogP contribution in [0.25, 0.3) is 0 Å². The van der Waals surface area contributed by atoms with E-state index in [0.29, 0.717) is 5.02 Å². The average molecular weight is 266 g/mol. The molecule has 90 valence electrons. The van der Waals surface area contributed by atoms with Crippen LogP contribution in [0.2, 0.25) is 5.02 Å². The molecule has 0 unspecified atom stereocenters. The van der Waals surface area contributed by atoms with Crippen molar-refractivity contribution in [2.75, 3.05) is 20.3 Å². The van der Waals surface area contributed by atoms with Crippen molar-refractivity contribution in [1.82, 2.24) is 4.72 Å². The van der Waals surface area contributed by atoms with Gasteiger partial charge in [0.05, 0.1) is 13.7 Å². The number of benzene rings is 1. The Hall–Kier alpha value is -0.820. The molecule has 0 radical (unpaired) electrons. The number of aliphatic hydroxyl groups excluding tert-OH is 1. The largest absolute Gasteiger partial charge is 0.495 e. The maximum Gasteiger partial charge on any atom is 0.244 e. The van der Waals surface area contributed by atoms with Gasteiger partial charge in [0.2, 0.25) is 10.0 Å². The Balaban J connectivity index is 3.12. The lowest BCUT2D eigenvalue weighted by Crippen LogP contribution is -2.27. The number of nitrogens with one attached hydrogen (secondary N) is 1. The maximum atomic E-state index is 11.7. The van der Waals surface area contributed by atoms with Gasteiger partial charge in [-0.25, -0.2) is 13.1 Å². The molecule has 0 heterocycles. The van der Waals surface area contributed by atoms with Crippen molar-refractivity contribution in [1.29, 1.82) is 0 Å². The second-order valence-corrected chi connectivity index (χ2v) is 5.09. The predicted molar refractivity (Wildman–Crippen MR) is 60.3 cm³/mol. The van der Waals surface area contributed by atoms with Crippen molar-refractivity contribution in [3.05, 3.63) is 23.2 Å². The van der Waals surface area contributed by atoms with Crippen molar-refractivity contribution in [3.8, 4) is 5.75 Å². The minimum Gasteiger partial charge on any atom is -0.495 e. The van der Waals surface area contributed by atoms with Crippen LogP contribution in [-0.2, 0) is 10.0 Å². The average Bonchev–Trinajstić information content (AvgIpc) is 2.26. The highest BCUT2D eigenvalue weighted by atomic mass is 35.5. The molecule has 0 aromatic heterocycles. The summed E-state index contributed by atoms with van der Waals surface area (Å²) in [6.45, 7) is -0.316. The van der Waals surface area contributed by atoms with Gasteiger partial charge >= 0.3 is 0 Å². The molecule has 1 rings (SSSR count). The molecule has 1 aromatic carbocycles. The molecule has 0 amide bonds. The maximum absolute atomic E-state index is 11.7. The van der Waals surface area contributed by atoms with E-state index in [-0.39, 0.29) is 23.8 Å². The van der Waals surface area contributed by atoms with Crippen molar-refractivity contribution >= 4 is 21.6 Å². The molecular weight excluding hydrogens is 254 g/mol. The van der Waals surface area contributed by atoms with Gasteiger partial charge in [-0.15, -0.1) is 0 Å². The second kappa shape index (κ2) is 5.49. The monoisotopic (exact) mass is 265 g/mol. The van der Waals surface area contributed by atoms with E-state index in [2.05, 4.69) is 4.72 Å².